The van der Waals surface area contributed by atoms with E-state index in [0.29, 0.717) is 0 Å². The molecule has 0 fully saturated rings. The van der Waals surface area contributed by atoms with Crippen molar-refractivity contribution in [2.45, 2.75) is 0 Å². The molecule has 0 amide bonds. The zero-order valence-electron chi connectivity index (χ0n) is 20.9. The molecule has 0 radical (unpaired) electrons. The first-order valence-corrected chi connectivity index (χ1v) is 11.8. The van der Waals surface area contributed by atoms with Crippen molar-refractivity contribution in [2.75, 3.05) is 28.4 Å². The van der Waals surface area contributed by atoms with Crippen molar-refractivity contribution in [3.05, 3.63) is 97.1 Å². The second kappa shape index (κ2) is 10.0. The summed E-state index contributed by atoms with van der Waals surface area (Å²) in [5, 5.41) is 8.63. The molecule has 6 aromatic carbocycles. The highest BCUT2D eigenvalue weighted by molar-refractivity contribution is 6.12. The van der Waals surface area contributed by atoms with Crippen LogP contribution in [0.15, 0.2) is 97.1 Å². The molecule has 0 saturated carbocycles. The number of methoxy groups -OCH3 is 4. The lowest BCUT2D eigenvalue weighted by Gasteiger charge is -2.14. The number of hydrogen-bond donors (Lipinski definition) is 0. The Morgan fingerprint density at radius 1 is 0.278 bits per heavy atom. The molecule has 180 valence electrons. The fourth-order valence-electron chi connectivity index (χ4n) is 4.98. The highest BCUT2D eigenvalue weighted by atomic mass is 16.5. The predicted molar refractivity (Wildman–Crippen MR) is 149 cm³/mol. The van der Waals surface area contributed by atoms with E-state index in [1.54, 1.807) is 28.4 Å². The van der Waals surface area contributed by atoms with Gasteiger partial charge in [0.2, 0.25) is 0 Å². The Morgan fingerprint density at radius 3 is 0.528 bits per heavy atom. The molecule has 0 aliphatic carbocycles. The van der Waals surface area contributed by atoms with E-state index >= 15 is 0 Å². The topological polar surface area (TPSA) is 36.9 Å². The van der Waals surface area contributed by atoms with Gasteiger partial charge in [0.25, 0.3) is 0 Å². The van der Waals surface area contributed by atoms with Crippen molar-refractivity contribution >= 4 is 43.1 Å². The minimum absolute atomic E-state index is 0.905. The van der Waals surface area contributed by atoms with Crippen LogP contribution < -0.4 is 18.9 Å². The standard InChI is InChI=1S/2C16H14O2/c2*1-17-15-11-7-3-5-9-13(11)16(18-2)14-10-6-4-8-12(14)15/h2*3-10H,1-2H3. The molecule has 0 unspecified atom stereocenters. The summed E-state index contributed by atoms with van der Waals surface area (Å²) in [7, 11) is 6.84. The Hall–Kier alpha value is -4.44. The smallest absolute Gasteiger partial charge is 0.134 e. The van der Waals surface area contributed by atoms with Gasteiger partial charge in [-0.15, -0.1) is 0 Å². The second-order valence-corrected chi connectivity index (χ2v) is 8.32. The fraction of sp³-hybridized carbons (Fsp3) is 0.125. The zero-order chi connectivity index (χ0) is 25.1. The maximum Gasteiger partial charge on any atom is 0.134 e. The number of hydrogen-bond acceptors (Lipinski definition) is 4. The molecule has 0 saturated heterocycles. The van der Waals surface area contributed by atoms with Gasteiger partial charge in [-0.3, -0.25) is 0 Å². The third kappa shape index (κ3) is 3.81. The summed E-state index contributed by atoms with van der Waals surface area (Å²) in [5.41, 5.74) is 0. The Morgan fingerprint density at radius 2 is 0.417 bits per heavy atom. The van der Waals surface area contributed by atoms with E-state index in [4.69, 9.17) is 18.9 Å². The quantitative estimate of drug-likeness (QED) is 0.241. The lowest BCUT2D eigenvalue weighted by molar-refractivity contribution is 0.417. The van der Waals surface area contributed by atoms with Crippen LogP contribution in [0, 0.1) is 0 Å². The van der Waals surface area contributed by atoms with Gasteiger partial charge in [-0.2, -0.15) is 0 Å². The Balaban J connectivity index is 0.000000148. The Kier molecular flexibility index (Phi) is 6.50. The SMILES string of the molecule is COc1c2ccccc2c(OC)c2ccccc12.COc1c2ccccc2c(OC)c2ccccc12. The molecule has 0 aliphatic rings. The van der Waals surface area contributed by atoms with Crippen LogP contribution in [-0.4, -0.2) is 28.4 Å². The first-order chi connectivity index (χ1) is 17.7. The third-order valence-corrected chi connectivity index (χ3v) is 6.48. The molecule has 0 bridgehead atoms. The van der Waals surface area contributed by atoms with Crippen LogP contribution in [0.4, 0.5) is 0 Å². The molecule has 0 aliphatic heterocycles. The van der Waals surface area contributed by atoms with E-state index in [9.17, 15) is 0 Å². The van der Waals surface area contributed by atoms with Crippen LogP contribution in [0.25, 0.3) is 43.1 Å². The predicted octanol–water partition coefficient (Wildman–Crippen LogP) is 8.02. The molecule has 36 heavy (non-hydrogen) atoms. The summed E-state index contributed by atoms with van der Waals surface area (Å²) >= 11 is 0. The average molecular weight is 477 g/mol. The Bertz CT molecular complexity index is 1320. The molecule has 4 nitrogen and oxygen atoms in total. The summed E-state index contributed by atoms with van der Waals surface area (Å²) in [6.45, 7) is 0. The molecule has 0 N–H and O–H groups in total. The molecule has 4 heteroatoms. The molecular weight excluding hydrogens is 448 g/mol. The van der Waals surface area contributed by atoms with Crippen molar-refractivity contribution in [1.29, 1.82) is 0 Å². The number of benzene rings is 6. The monoisotopic (exact) mass is 476 g/mol. The van der Waals surface area contributed by atoms with Gasteiger partial charge in [0.05, 0.1) is 28.4 Å². The van der Waals surface area contributed by atoms with Crippen LogP contribution in [0.2, 0.25) is 0 Å². The fourth-order valence-corrected chi connectivity index (χ4v) is 4.98. The third-order valence-electron chi connectivity index (χ3n) is 6.48. The van der Waals surface area contributed by atoms with Gasteiger partial charge in [0, 0.05) is 43.1 Å². The summed E-state index contributed by atoms with van der Waals surface area (Å²) in [6, 6.07) is 32.6. The summed E-state index contributed by atoms with van der Waals surface area (Å²) in [5.74, 6) is 3.62. The molecule has 0 heterocycles. The number of fused-ring (bicyclic) bond motifs is 4. The Labute approximate surface area is 210 Å². The van der Waals surface area contributed by atoms with Crippen molar-refractivity contribution in [3.63, 3.8) is 0 Å². The molecule has 0 atom stereocenters. The minimum Gasteiger partial charge on any atom is -0.495 e. The molecule has 6 rings (SSSR count). The lowest BCUT2D eigenvalue weighted by Crippen LogP contribution is -1.92. The van der Waals surface area contributed by atoms with Crippen molar-refractivity contribution in [1.82, 2.24) is 0 Å². The first kappa shape index (κ1) is 23.3. The first-order valence-electron chi connectivity index (χ1n) is 11.8. The van der Waals surface area contributed by atoms with Crippen LogP contribution in [0.3, 0.4) is 0 Å². The molecule has 0 aromatic heterocycles. The highest BCUT2D eigenvalue weighted by Crippen LogP contribution is 2.43. The maximum absolute atomic E-state index is 5.58. The average Bonchev–Trinajstić information content (AvgIpc) is 2.94. The van der Waals surface area contributed by atoms with E-state index in [2.05, 4.69) is 48.5 Å². The zero-order valence-corrected chi connectivity index (χ0v) is 20.9. The van der Waals surface area contributed by atoms with Gasteiger partial charge in [0.15, 0.2) is 0 Å². The second-order valence-electron chi connectivity index (χ2n) is 8.32. The van der Waals surface area contributed by atoms with Crippen LogP contribution in [0.5, 0.6) is 23.0 Å². The van der Waals surface area contributed by atoms with E-state index in [-0.39, 0.29) is 0 Å². The van der Waals surface area contributed by atoms with Crippen LogP contribution in [0.1, 0.15) is 0 Å². The summed E-state index contributed by atoms with van der Waals surface area (Å²) in [4.78, 5) is 0. The van der Waals surface area contributed by atoms with E-state index in [0.717, 1.165) is 66.1 Å². The van der Waals surface area contributed by atoms with Gasteiger partial charge in [-0.05, 0) is 0 Å². The van der Waals surface area contributed by atoms with Gasteiger partial charge in [0.1, 0.15) is 23.0 Å². The largest absolute Gasteiger partial charge is 0.495 e. The van der Waals surface area contributed by atoms with Crippen molar-refractivity contribution < 1.29 is 18.9 Å². The maximum atomic E-state index is 5.58. The van der Waals surface area contributed by atoms with Gasteiger partial charge in [-0.1, -0.05) is 97.1 Å². The molecule has 6 aromatic rings. The van der Waals surface area contributed by atoms with Gasteiger partial charge >= 0.3 is 0 Å². The minimum atomic E-state index is 0.905. The van der Waals surface area contributed by atoms with Gasteiger partial charge < -0.3 is 18.9 Å². The van der Waals surface area contributed by atoms with Crippen LogP contribution in [-0.2, 0) is 0 Å². The van der Waals surface area contributed by atoms with E-state index in [1.165, 1.54) is 0 Å². The van der Waals surface area contributed by atoms with E-state index < -0.39 is 0 Å². The normalized spacial score (nSPS) is 10.8. The summed E-state index contributed by atoms with van der Waals surface area (Å²) in [6.07, 6.45) is 0. The molecule has 0 spiro atoms. The summed E-state index contributed by atoms with van der Waals surface area (Å²) < 4.78 is 22.3. The molecular formula is C32H28O4. The van der Waals surface area contributed by atoms with Crippen molar-refractivity contribution in [3.8, 4) is 23.0 Å². The number of rotatable bonds is 4. The number of ether oxygens (including phenoxy) is 4. The van der Waals surface area contributed by atoms with Gasteiger partial charge in [-0.25, -0.2) is 0 Å². The van der Waals surface area contributed by atoms with Crippen LogP contribution >= 0.6 is 0 Å². The highest BCUT2D eigenvalue weighted by Gasteiger charge is 2.15. The van der Waals surface area contributed by atoms with E-state index in [1.807, 2.05) is 48.5 Å². The lowest BCUT2D eigenvalue weighted by atomic mass is 10.0. The van der Waals surface area contributed by atoms with Crippen molar-refractivity contribution in [2.24, 2.45) is 0 Å².